The summed E-state index contributed by atoms with van der Waals surface area (Å²) >= 11 is 0. The number of halogens is 1. The van der Waals surface area contributed by atoms with Crippen molar-refractivity contribution in [1.29, 1.82) is 0 Å². The standard InChI is InChI=1S/C12H16FNO3S/c1-9(12-3-2-8-17-12)14-18(15,16)11-6-4-10(13)5-7-11/h4-7,9,12,14H,2-3,8H2,1H3. The lowest BCUT2D eigenvalue weighted by atomic mass is 10.1. The maximum absolute atomic E-state index is 12.7. The highest BCUT2D eigenvalue weighted by Gasteiger charge is 2.26. The second-order valence-electron chi connectivity index (χ2n) is 4.42. The summed E-state index contributed by atoms with van der Waals surface area (Å²) < 4.78 is 44.8. The second kappa shape index (κ2) is 5.34. The van der Waals surface area contributed by atoms with Crippen LogP contribution in [-0.2, 0) is 14.8 Å². The van der Waals surface area contributed by atoms with Crippen LogP contribution in [0, 0.1) is 5.82 Å². The lowest BCUT2D eigenvalue weighted by Crippen LogP contribution is -2.40. The molecular formula is C12H16FNO3S. The molecule has 2 unspecified atom stereocenters. The average Bonchev–Trinajstić information content (AvgIpc) is 2.82. The van der Waals surface area contributed by atoms with Crippen molar-refractivity contribution in [2.24, 2.45) is 0 Å². The van der Waals surface area contributed by atoms with Gasteiger partial charge in [0.25, 0.3) is 0 Å². The van der Waals surface area contributed by atoms with Crippen LogP contribution in [-0.4, -0.2) is 27.2 Å². The van der Waals surface area contributed by atoms with E-state index < -0.39 is 15.8 Å². The van der Waals surface area contributed by atoms with Gasteiger partial charge in [0.05, 0.1) is 11.0 Å². The Hall–Kier alpha value is -0.980. The molecule has 0 amide bonds. The molecule has 2 atom stereocenters. The highest BCUT2D eigenvalue weighted by Crippen LogP contribution is 2.17. The quantitative estimate of drug-likeness (QED) is 0.908. The molecule has 0 bridgehead atoms. The Morgan fingerprint density at radius 2 is 2.06 bits per heavy atom. The molecule has 100 valence electrons. The zero-order valence-corrected chi connectivity index (χ0v) is 10.9. The van der Waals surface area contributed by atoms with Gasteiger partial charge in [-0.05, 0) is 44.0 Å². The lowest BCUT2D eigenvalue weighted by molar-refractivity contribution is 0.0902. The van der Waals surface area contributed by atoms with Gasteiger partial charge in [0.2, 0.25) is 10.0 Å². The van der Waals surface area contributed by atoms with Gasteiger partial charge < -0.3 is 4.74 Å². The fourth-order valence-corrected chi connectivity index (χ4v) is 3.27. The minimum absolute atomic E-state index is 0.0637. The predicted octanol–water partition coefficient (Wildman–Crippen LogP) is 1.67. The van der Waals surface area contributed by atoms with Crippen LogP contribution in [0.25, 0.3) is 0 Å². The molecular weight excluding hydrogens is 257 g/mol. The first kappa shape index (κ1) is 13.5. The summed E-state index contributed by atoms with van der Waals surface area (Å²) in [5.74, 6) is -0.457. The highest BCUT2D eigenvalue weighted by atomic mass is 32.2. The Labute approximate surface area is 106 Å². The van der Waals surface area contributed by atoms with Crippen molar-refractivity contribution in [2.45, 2.75) is 36.8 Å². The van der Waals surface area contributed by atoms with Crippen LogP contribution < -0.4 is 4.72 Å². The molecule has 0 spiro atoms. The van der Waals surface area contributed by atoms with Gasteiger partial charge in [-0.1, -0.05) is 0 Å². The number of rotatable bonds is 4. The van der Waals surface area contributed by atoms with E-state index in [4.69, 9.17) is 4.74 Å². The molecule has 1 aromatic carbocycles. The van der Waals surface area contributed by atoms with Crippen LogP contribution in [0.2, 0.25) is 0 Å². The number of sulfonamides is 1. The first-order valence-electron chi connectivity index (χ1n) is 5.88. The van der Waals surface area contributed by atoms with Gasteiger partial charge in [0, 0.05) is 12.6 Å². The molecule has 0 aliphatic carbocycles. The Morgan fingerprint density at radius 3 is 2.61 bits per heavy atom. The molecule has 4 nitrogen and oxygen atoms in total. The number of benzene rings is 1. The number of ether oxygens (including phenoxy) is 1. The van der Waals surface area contributed by atoms with E-state index in [2.05, 4.69) is 4.72 Å². The van der Waals surface area contributed by atoms with Gasteiger partial charge in [0.1, 0.15) is 5.82 Å². The molecule has 1 heterocycles. The zero-order chi connectivity index (χ0) is 13.2. The highest BCUT2D eigenvalue weighted by molar-refractivity contribution is 7.89. The number of hydrogen-bond donors (Lipinski definition) is 1. The zero-order valence-electron chi connectivity index (χ0n) is 10.1. The molecule has 1 fully saturated rings. The van der Waals surface area contributed by atoms with E-state index >= 15 is 0 Å². The van der Waals surface area contributed by atoms with E-state index in [1.807, 2.05) is 0 Å². The molecule has 0 radical (unpaired) electrons. The summed E-state index contributed by atoms with van der Waals surface area (Å²) in [6, 6.07) is 4.47. The minimum atomic E-state index is -3.61. The van der Waals surface area contributed by atoms with Gasteiger partial charge in [-0.3, -0.25) is 0 Å². The first-order valence-corrected chi connectivity index (χ1v) is 7.37. The van der Waals surface area contributed by atoms with Crippen LogP contribution in [0.4, 0.5) is 4.39 Å². The SMILES string of the molecule is CC(NS(=O)(=O)c1ccc(F)cc1)C1CCCO1. The fourth-order valence-electron chi connectivity index (χ4n) is 2.00. The second-order valence-corrected chi connectivity index (χ2v) is 6.13. The summed E-state index contributed by atoms with van der Waals surface area (Å²) in [4.78, 5) is 0.0637. The molecule has 2 rings (SSSR count). The van der Waals surface area contributed by atoms with E-state index in [-0.39, 0.29) is 17.0 Å². The first-order chi connectivity index (χ1) is 8.49. The van der Waals surface area contributed by atoms with Crippen molar-refractivity contribution in [1.82, 2.24) is 4.72 Å². The third-order valence-electron chi connectivity index (χ3n) is 2.99. The summed E-state index contributed by atoms with van der Waals surface area (Å²) in [5, 5.41) is 0. The smallest absolute Gasteiger partial charge is 0.240 e. The molecule has 1 aliphatic rings. The minimum Gasteiger partial charge on any atom is -0.377 e. The normalized spacial score (nSPS) is 22.0. The largest absolute Gasteiger partial charge is 0.377 e. The lowest BCUT2D eigenvalue weighted by Gasteiger charge is -2.19. The van der Waals surface area contributed by atoms with Gasteiger partial charge in [-0.25, -0.2) is 17.5 Å². The van der Waals surface area contributed by atoms with Crippen LogP contribution in [0.15, 0.2) is 29.2 Å². The Kier molecular flexibility index (Phi) is 3.99. The van der Waals surface area contributed by atoms with Gasteiger partial charge >= 0.3 is 0 Å². The molecule has 1 aliphatic heterocycles. The van der Waals surface area contributed by atoms with E-state index in [0.29, 0.717) is 6.61 Å². The van der Waals surface area contributed by atoms with Crippen LogP contribution in [0.5, 0.6) is 0 Å². The van der Waals surface area contributed by atoms with Crippen molar-refractivity contribution in [3.8, 4) is 0 Å². The third kappa shape index (κ3) is 3.07. The van der Waals surface area contributed by atoms with Crippen LogP contribution >= 0.6 is 0 Å². The molecule has 1 N–H and O–H groups in total. The van der Waals surface area contributed by atoms with Gasteiger partial charge in [-0.15, -0.1) is 0 Å². The summed E-state index contributed by atoms with van der Waals surface area (Å²) in [6.07, 6.45) is 1.72. The van der Waals surface area contributed by atoms with E-state index in [1.54, 1.807) is 6.92 Å². The molecule has 18 heavy (non-hydrogen) atoms. The van der Waals surface area contributed by atoms with Gasteiger partial charge in [0.15, 0.2) is 0 Å². The van der Waals surface area contributed by atoms with E-state index in [0.717, 1.165) is 25.0 Å². The number of nitrogens with one attached hydrogen (secondary N) is 1. The van der Waals surface area contributed by atoms with Crippen LogP contribution in [0.1, 0.15) is 19.8 Å². The molecule has 0 aromatic heterocycles. The summed E-state index contributed by atoms with van der Waals surface area (Å²) in [6.45, 7) is 2.45. The van der Waals surface area contributed by atoms with Crippen molar-refractivity contribution < 1.29 is 17.5 Å². The Morgan fingerprint density at radius 1 is 1.39 bits per heavy atom. The Balaban J connectivity index is 2.09. The fraction of sp³-hybridized carbons (Fsp3) is 0.500. The maximum Gasteiger partial charge on any atom is 0.240 e. The molecule has 1 saturated heterocycles. The summed E-state index contributed by atoms with van der Waals surface area (Å²) in [5.41, 5.74) is 0. The summed E-state index contributed by atoms with van der Waals surface area (Å²) in [7, 11) is -3.61. The third-order valence-corrected chi connectivity index (χ3v) is 4.56. The average molecular weight is 273 g/mol. The van der Waals surface area contributed by atoms with E-state index in [1.165, 1.54) is 12.1 Å². The maximum atomic E-state index is 12.7. The van der Waals surface area contributed by atoms with Crippen molar-refractivity contribution >= 4 is 10.0 Å². The van der Waals surface area contributed by atoms with Crippen molar-refractivity contribution in [2.75, 3.05) is 6.61 Å². The predicted molar refractivity (Wildman–Crippen MR) is 65.2 cm³/mol. The monoisotopic (exact) mass is 273 g/mol. The Bertz CT molecular complexity index is 495. The van der Waals surface area contributed by atoms with E-state index in [9.17, 15) is 12.8 Å². The number of hydrogen-bond acceptors (Lipinski definition) is 3. The topological polar surface area (TPSA) is 55.4 Å². The van der Waals surface area contributed by atoms with Gasteiger partial charge in [-0.2, -0.15) is 0 Å². The molecule has 6 heteroatoms. The van der Waals surface area contributed by atoms with Crippen molar-refractivity contribution in [3.05, 3.63) is 30.1 Å². The van der Waals surface area contributed by atoms with Crippen molar-refractivity contribution in [3.63, 3.8) is 0 Å². The molecule has 1 aromatic rings. The molecule has 0 saturated carbocycles. The van der Waals surface area contributed by atoms with Crippen LogP contribution in [0.3, 0.4) is 0 Å².